The van der Waals surface area contributed by atoms with Crippen molar-refractivity contribution < 1.29 is 9.25 Å². The topological polar surface area (TPSA) is 104 Å². The number of nitrogens with one attached hydrogen (secondary N) is 1. The highest BCUT2D eigenvalue weighted by atomic mass is 16.6. The van der Waals surface area contributed by atoms with Gasteiger partial charge in [0.25, 0.3) is 5.56 Å². The van der Waals surface area contributed by atoms with Gasteiger partial charge in [-0.3, -0.25) is 9.78 Å². The van der Waals surface area contributed by atoms with E-state index in [1.165, 1.54) is 11.8 Å². The highest BCUT2D eigenvalue weighted by Crippen LogP contribution is 2.17. The Morgan fingerprint density at radius 1 is 1.16 bits per heavy atom. The zero-order chi connectivity index (χ0) is 22.5. The van der Waals surface area contributed by atoms with Crippen LogP contribution in [0.4, 0.5) is 5.69 Å². The second-order valence-electron chi connectivity index (χ2n) is 7.65. The van der Waals surface area contributed by atoms with Crippen molar-refractivity contribution in [3.63, 3.8) is 0 Å². The number of hydrogen-bond donors (Lipinski definition) is 1. The second kappa shape index (κ2) is 9.67. The minimum atomic E-state index is -0.551. The lowest BCUT2D eigenvalue weighted by Gasteiger charge is -2.37. The molecule has 1 saturated heterocycles. The minimum Gasteiger partial charge on any atom is -0.403 e. The molecule has 3 aromatic rings. The van der Waals surface area contributed by atoms with E-state index < -0.39 is 11.2 Å². The smallest absolute Gasteiger partial charge is 0.337 e. The Morgan fingerprint density at radius 2 is 1.91 bits per heavy atom. The largest absolute Gasteiger partial charge is 0.403 e. The molecule has 4 rings (SSSR count). The molecule has 1 N–H and O–H groups in total. The van der Waals surface area contributed by atoms with E-state index in [-0.39, 0.29) is 17.1 Å². The van der Waals surface area contributed by atoms with Crippen LogP contribution in [0.15, 0.2) is 55.6 Å². The van der Waals surface area contributed by atoms with E-state index in [9.17, 15) is 9.59 Å². The van der Waals surface area contributed by atoms with Gasteiger partial charge in [-0.2, -0.15) is 4.98 Å². The number of benzene rings is 1. The van der Waals surface area contributed by atoms with Crippen molar-refractivity contribution in [2.75, 3.05) is 31.1 Å². The monoisotopic (exact) mass is 437 g/mol. The Labute approximate surface area is 185 Å². The summed E-state index contributed by atoms with van der Waals surface area (Å²) in [5.74, 6) is 0.798. The Hall–Kier alpha value is -3.62. The Balaban J connectivity index is 1.52. The van der Waals surface area contributed by atoms with Crippen LogP contribution >= 0.6 is 0 Å². The number of aryl methyl sites for hydroxylation is 1. The lowest BCUT2D eigenvalue weighted by molar-refractivity contribution is 0.288. The van der Waals surface area contributed by atoms with Crippen LogP contribution in [-0.4, -0.2) is 46.9 Å². The lowest BCUT2D eigenvalue weighted by Crippen LogP contribution is -2.49. The summed E-state index contributed by atoms with van der Waals surface area (Å²) in [7, 11) is 0. The summed E-state index contributed by atoms with van der Waals surface area (Å²) in [6, 6.07) is 11.5. The summed E-state index contributed by atoms with van der Waals surface area (Å²) in [6.45, 7) is 7.32. The van der Waals surface area contributed by atoms with Crippen LogP contribution < -0.4 is 20.9 Å². The molecular weight excluding hydrogens is 410 g/mol. The summed E-state index contributed by atoms with van der Waals surface area (Å²) in [6.07, 6.45) is 2.15. The fraction of sp³-hybridized carbons (Fsp3) is 0.391. The highest BCUT2D eigenvalue weighted by molar-refractivity contribution is 5.82. The van der Waals surface area contributed by atoms with Gasteiger partial charge in [0.05, 0.1) is 0 Å². The zero-order valence-electron chi connectivity index (χ0n) is 18.3. The summed E-state index contributed by atoms with van der Waals surface area (Å²) >= 11 is 0. The average molecular weight is 438 g/mol. The van der Waals surface area contributed by atoms with Gasteiger partial charge >= 0.3 is 11.6 Å². The van der Waals surface area contributed by atoms with Gasteiger partial charge in [-0.25, -0.2) is 4.79 Å². The highest BCUT2D eigenvalue weighted by Gasteiger charge is 2.20. The number of para-hydroxylation sites is 1. The van der Waals surface area contributed by atoms with Gasteiger partial charge in [0.2, 0.25) is 5.71 Å². The van der Waals surface area contributed by atoms with E-state index in [2.05, 4.69) is 44.0 Å². The molecule has 9 nitrogen and oxygen atoms in total. The number of oxime groups is 1. The summed E-state index contributed by atoms with van der Waals surface area (Å²) in [5, 5.41) is 4.55. The maximum absolute atomic E-state index is 12.5. The van der Waals surface area contributed by atoms with Crippen LogP contribution in [0, 0.1) is 0 Å². The van der Waals surface area contributed by atoms with E-state index in [1.807, 2.05) is 25.1 Å². The number of aromatic amines is 1. The molecule has 1 aliphatic rings. The number of piperazine rings is 1. The van der Waals surface area contributed by atoms with Crippen molar-refractivity contribution in [2.24, 2.45) is 5.16 Å². The molecule has 0 saturated carbocycles. The third-order valence-corrected chi connectivity index (χ3v) is 5.53. The molecular formula is C23H27N5O4. The predicted molar refractivity (Wildman–Crippen MR) is 123 cm³/mol. The standard InChI is InChI=1S/C23H27N5O4/c1-3-8-18(28-13-11-27(12-14-28)17-9-6-5-7-10-17)26-32-23-24-21(30)20-16(4-2)15-19(29)31-22(20)25-23/h5-7,9-10,15H,3-4,8,11-14H2,1-2H3,(H,24,25,30). The molecule has 0 radical (unpaired) electrons. The van der Waals surface area contributed by atoms with Crippen molar-refractivity contribution >= 4 is 22.6 Å². The number of rotatable bonds is 6. The first-order valence-corrected chi connectivity index (χ1v) is 10.9. The van der Waals surface area contributed by atoms with Crippen LogP contribution in [-0.2, 0) is 6.42 Å². The number of amidine groups is 1. The molecule has 32 heavy (non-hydrogen) atoms. The number of fused-ring (bicyclic) bond motifs is 1. The molecule has 0 aliphatic carbocycles. The molecule has 0 bridgehead atoms. The third kappa shape index (κ3) is 4.66. The summed E-state index contributed by atoms with van der Waals surface area (Å²) < 4.78 is 5.12. The van der Waals surface area contributed by atoms with E-state index in [1.54, 1.807) is 0 Å². The van der Waals surface area contributed by atoms with Crippen LogP contribution in [0.2, 0.25) is 0 Å². The van der Waals surface area contributed by atoms with Crippen molar-refractivity contribution in [3.8, 4) is 6.01 Å². The molecule has 9 heteroatoms. The number of hydrogen-bond acceptors (Lipinski definition) is 7. The van der Waals surface area contributed by atoms with Gasteiger partial charge in [-0.05, 0) is 30.5 Å². The SMILES string of the molecule is CCCC(=NOc1nc2oc(=O)cc(CC)c2c(=O)[nH]1)N1CCN(c2ccccc2)CC1. The summed E-state index contributed by atoms with van der Waals surface area (Å²) in [5.41, 5.74) is 0.780. The van der Waals surface area contributed by atoms with Gasteiger partial charge in [0, 0.05) is 44.4 Å². The van der Waals surface area contributed by atoms with Gasteiger partial charge < -0.3 is 19.1 Å². The van der Waals surface area contributed by atoms with Gasteiger partial charge in [-0.1, -0.05) is 37.2 Å². The first kappa shape index (κ1) is 21.6. The lowest BCUT2D eigenvalue weighted by atomic mass is 10.1. The average Bonchev–Trinajstić information content (AvgIpc) is 2.81. The molecule has 3 heterocycles. The molecule has 0 atom stereocenters. The first-order valence-electron chi connectivity index (χ1n) is 10.9. The first-order chi connectivity index (χ1) is 15.6. The third-order valence-electron chi connectivity index (χ3n) is 5.53. The molecule has 0 spiro atoms. The number of anilines is 1. The zero-order valence-corrected chi connectivity index (χ0v) is 18.3. The summed E-state index contributed by atoms with van der Waals surface area (Å²) in [4.78, 5) is 41.1. The number of nitrogens with zero attached hydrogens (tertiary/aromatic N) is 4. The Morgan fingerprint density at radius 3 is 2.59 bits per heavy atom. The van der Waals surface area contributed by atoms with Crippen LogP contribution in [0.5, 0.6) is 6.01 Å². The normalized spacial score (nSPS) is 14.8. The van der Waals surface area contributed by atoms with Crippen LogP contribution in [0.1, 0.15) is 32.3 Å². The fourth-order valence-electron chi connectivity index (χ4n) is 3.89. The quantitative estimate of drug-likeness (QED) is 0.359. The number of H-pyrrole nitrogens is 1. The molecule has 0 unspecified atom stereocenters. The molecule has 1 fully saturated rings. The fourth-order valence-corrected chi connectivity index (χ4v) is 3.89. The van der Waals surface area contributed by atoms with E-state index >= 15 is 0 Å². The minimum absolute atomic E-state index is 0.0446. The van der Waals surface area contributed by atoms with E-state index in [4.69, 9.17) is 9.25 Å². The molecule has 1 aromatic carbocycles. The van der Waals surface area contributed by atoms with Crippen molar-refractivity contribution in [1.29, 1.82) is 0 Å². The van der Waals surface area contributed by atoms with E-state index in [0.717, 1.165) is 44.9 Å². The Bertz CT molecular complexity index is 1210. The van der Waals surface area contributed by atoms with Crippen molar-refractivity contribution in [2.45, 2.75) is 33.1 Å². The van der Waals surface area contributed by atoms with Gasteiger partial charge in [0.1, 0.15) is 11.2 Å². The molecule has 168 valence electrons. The van der Waals surface area contributed by atoms with Crippen molar-refractivity contribution in [1.82, 2.24) is 14.9 Å². The maximum Gasteiger partial charge on any atom is 0.337 e. The second-order valence-corrected chi connectivity index (χ2v) is 7.65. The van der Waals surface area contributed by atoms with Crippen LogP contribution in [0.3, 0.4) is 0 Å². The Kier molecular flexibility index (Phi) is 6.53. The predicted octanol–water partition coefficient (Wildman–Crippen LogP) is 2.75. The van der Waals surface area contributed by atoms with Crippen LogP contribution in [0.25, 0.3) is 11.1 Å². The van der Waals surface area contributed by atoms with Gasteiger partial charge in [-0.15, -0.1) is 0 Å². The maximum atomic E-state index is 12.5. The number of aromatic nitrogens is 2. The van der Waals surface area contributed by atoms with Gasteiger partial charge in [0.15, 0.2) is 0 Å². The molecule has 2 aromatic heterocycles. The molecule has 1 aliphatic heterocycles. The van der Waals surface area contributed by atoms with E-state index in [0.29, 0.717) is 12.0 Å². The van der Waals surface area contributed by atoms with Crippen molar-refractivity contribution in [3.05, 3.63) is 62.7 Å². The molecule has 0 amide bonds.